The Kier molecular flexibility index (Phi) is 22.7. The van der Waals surface area contributed by atoms with Crippen LogP contribution in [0.1, 0.15) is 116 Å². The van der Waals surface area contributed by atoms with Crippen molar-refractivity contribution in [2.24, 2.45) is 23.7 Å². The number of ketones is 1. The number of nitrogens with one attached hydrogen (secondary N) is 7. The zero-order valence-corrected chi connectivity index (χ0v) is 42.1. The van der Waals surface area contributed by atoms with Gasteiger partial charge in [0.25, 0.3) is 37.8 Å². The Bertz CT molecular complexity index is 2430. The van der Waals surface area contributed by atoms with Crippen LogP contribution in [0.25, 0.3) is 0 Å². The van der Waals surface area contributed by atoms with Gasteiger partial charge in [0.1, 0.15) is 29.9 Å². The second-order valence-corrected chi connectivity index (χ2v) is 21.7. The molecular weight excluding hydrogens is 984 g/mol. The molecule has 388 valence electrons. The molecule has 0 spiro atoms. The molecule has 1 aromatic heterocycles. The maximum atomic E-state index is 14.1. The van der Waals surface area contributed by atoms with E-state index in [9.17, 15) is 64.0 Å². The molecule has 7 amide bonds. The van der Waals surface area contributed by atoms with Crippen LogP contribution in [-0.2, 0) is 53.6 Å². The number of carbonyl (C=O) groups excluding carboxylic acids is 8. The number of hydrogen-bond donors (Lipinski definition) is 7. The fraction of sp³-hybridized carbons (Fsp3) is 0.591. The van der Waals surface area contributed by atoms with Crippen molar-refractivity contribution in [1.82, 2.24) is 46.0 Å². The Labute approximate surface area is 411 Å². The molecule has 5 unspecified atom stereocenters. The van der Waals surface area contributed by atoms with Crippen LogP contribution in [-0.4, -0.2) is 111 Å². The van der Waals surface area contributed by atoms with Gasteiger partial charge in [-0.1, -0.05) is 91.7 Å². The second-order valence-electron chi connectivity index (χ2n) is 17.9. The highest BCUT2D eigenvalue weighted by molar-refractivity contribution is 7.91. The Hall–Kier alpha value is -5.69. The van der Waals surface area contributed by atoms with Crippen LogP contribution in [0.3, 0.4) is 0 Å². The molecule has 5 atom stereocenters. The highest BCUT2D eigenvalue weighted by atomic mass is 35.5. The lowest BCUT2D eigenvalue weighted by Gasteiger charge is -2.31. The second kappa shape index (κ2) is 27.1. The number of alkyl halides is 2. The van der Waals surface area contributed by atoms with E-state index in [1.54, 1.807) is 37.1 Å². The van der Waals surface area contributed by atoms with Gasteiger partial charge in [0.05, 0.1) is 22.5 Å². The van der Waals surface area contributed by atoms with Crippen molar-refractivity contribution >= 4 is 78.8 Å². The summed E-state index contributed by atoms with van der Waals surface area (Å²) in [6.45, 7) is 9.14. The summed E-state index contributed by atoms with van der Waals surface area (Å²) in [7, 11) is -9.57. The molecule has 2 aromatic rings. The van der Waals surface area contributed by atoms with E-state index in [1.165, 1.54) is 18.6 Å². The average molecular weight is 1050 g/mol. The van der Waals surface area contributed by atoms with Gasteiger partial charge >= 0.3 is 0 Å². The van der Waals surface area contributed by atoms with E-state index in [-0.39, 0.29) is 42.7 Å². The minimum absolute atomic E-state index is 0.00780. The number of amides is 7. The zero-order chi connectivity index (χ0) is 52.5. The normalized spacial score (nSPS) is 15.4. The molecular formula is C44H62ClF2N9O12S2. The first-order valence-electron chi connectivity index (χ1n) is 22.7. The van der Waals surface area contributed by atoms with E-state index in [1.807, 2.05) is 19.2 Å². The molecule has 0 radical (unpaired) electrons. The standard InChI is InChI=1S/C44H62ClF2N9O12S2/c1-7-26(6)38(54-41(61)32(15-24(2)3)52-42(62)34-22-48-13-14-49-34)43(63)53-33(17-27-11-9-8-10-12-27)40(60)51-31(21-35(46)47)39(59)44(64)50-23-37(58)56-70(67,68)30-19-28(45)18-29(20-30)69(65,66)55-36(57)16-25(4)5/h13-14,18-20,22,24-27,31-33,35,38H,7-12,15-17,21,23H2,1-6H3,(H,50,64)(H,51,60)(H,52,62)(H,53,63)(H,54,61)(H,55,57)(H,56,58). The summed E-state index contributed by atoms with van der Waals surface area (Å²) in [5.74, 6) is -10.0. The molecule has 26 heteroatoms. The van der Waals surface area contributed by atoms with E-state index in [4.69, 9.17) is 11.6 Å². The summed E-state index contributed by atoms with van der Waals surface area (Å²) in [4.78, 5) is 112. The number of benzene rings is 1. The van der Waals surface area contributed by atoms with Crippen molar-refractivity contribution in [2.45, 2.75) is 146 Å². The molecule has 21 nitrogen and oxygen atoms in total. The lowest BCUT2D eigenvalue weighted by Crippen LogP contribution is -2.60. The first kappa shape index (κ1) is 58.6. The van der Waals surface area contributed by atoms with Gasteiger partial charge in [-0.2, -0.15) is 0 Å². The molecule has 0 bridgehead atoms. The molecule has 1 aliphatic carbocycles. The lowest BCUT2D eigenvalue weighted by atomic mass is 9.84. The van der Waals surface area contributed by atoms with Gasteiger partial charge in [-0.05, 0) is 54.7 Å². The van der Waals surface area contributed by atoms with E-state index < -0.39 is 131 Å². The number of rotatable bonds is 26. The number of aromatic nitrogens is 2. The number of halogens is 3. The molecule has 3 rings (SSSR count). The molecule has 7 N–H and O–H groups in total. The summed E-state index contributed by atoms with van der Waals surface area (Å²) in [6.07, 6.45) is 3.40. The fourth-order valence-electron chi connectivity index (χ4n) is 7.36. The van der Waals surface area contributed by atoms with Crippen molar-refractivity contribution in [1.29, 1.82) is 0 Å². The highest BCUT2D eigenvalue weighted by Crippen LogP contribution is 2.28. The van der Waals surface area contributed by atoms with Gasteiger partial charge in [0.15, 0.2) is 0 Å². The maximum Gasteiger partial charge on any atom is 0.290 e. The predicted molar refractivity (Wildman–Crippen MR) is 249 cm³/mol. The van der Waals surface area contributed by atoms with Gasteiger partial charge < -0.3 is 26.6 Å². The van der Waals surface area contributed by atoms with Crippen LogP contribution in [0, 0.1) is 23.7 Å². The zero-order valence-electron chi connectivity index (χ0n) is 39.7. The molecule has 1 heterocycles. The van der Waals surface area contributed by atoms with Crippen molar-refractivity contribution < 1.29 is 64.0 Å². The fourth-order valence-corrected chi connectivity index (χ4v) is 9.92. The van der Waals surface area contributed by atoms with Crippen LogP contribution in [0.4, 0.5) is 8.78 Å². The van der Waals surface area contributed by atoms with Crippen molar-refractivity contribution in [3.05, 3.63) is 47.5 Å². The van der Waals surface area contributed by atoms with Gasteiger partial charge in [-0.3, -0.25) is 43.3 Å². The summed E-state index contributed by atoms with van der Waals surface area (Å²) in [5.41, 5.74) is -0.0528. The summed E-state index contributed by atoms with van der Waals surface area (Å²) in [5, 5.41) is 11.5. The number of sulfonamides is 2. The Morgan fingerprint density at radius 2 is 1.30 bits per heavy atom. The summed E-state index contributed by atoms with van der Waals surface area (Å²) < 4.78 is 83.1. The van der Waals surface area contributed by atoms with Crippen LogP contribution in [0.2, 0.25) is 5.02 Å². The van der Waals surface area contributed by atoms with E-state index in [2.05, 4.69) is 31.2 Å². The third-order valence-corrected chi connectivity index (χ3v) is 14.0. The minimum atomic E-state index is -4.94. The largest absolute Gasteiger partial charge is 0.344 e. The number of hydrogen-bond acceptors (Lipinski definition) is 14. The van der Waals surface area contributed by atoms with Crippen molar-refractivity contribution in [3.8, 4) is 0 Å². The highest BCUT2D eigenvalue weighted by Gasteiger charge is 2.37. The average Bonchev–Trinajstić information content (AvgIpc) is 3.28. The molecule has 1 aromatic carbocycles. The van der Waals surface area contributed by atoms with Gasteiger partial charge in [-0.25, -0.2) is 40.0 Å². The smallest absolute Gasteiger partial charge is 0.290 e. The third kappa shape index (κ3) is 18.9. The van der Waals surface area contributed by atoms with Gasteiger partial charge in [0, 0.05) is 30.3 Å². The third-order valence-electron chi connectivity index (χ3n) is 11.1. The molecule has 1 saturated carbocycles. The first-order chi connectivity index (χ1) is 32.7. The maximum absolute atomic E-state index is 14.1. The lowest BCUT2D eigenvalue weighted by molar-refractivity contribution is -0.141. The van der Waals surface area contributed by atoms with Crippen molar-refractivity contribution in [2.75, 3.05) is 6.54 Å². The molecule has 0 saturated heterocycles. The Morgan fingerprint density at radius 3 is 1.84 bits per heavy atom. The number of nitrogens with zero attached hydrogens (tertiary/aromatic N) is 2. The first-order valence-corrected chi connectivity index (χ1v) is 26.1. The monoisotopic (exact) mass is 1050 g/mol. The topological polar surface area (TPSA) is 315 Å². The van der Waals surface area contributed by atoms with Gasteiger partial charge in [0.2, 0.25) is 35.8 Å². The SMILES string of the molecule is CCC(C)C(NC(=O)C(CC(C)C)NC(=O)c1cnccn1)C(=O)NC(CC1CCCCC1)C(=O)NC(CC(F)F)C(=O)C(=O)NCC(=O)NS(=O)(=O)c1cc(Cl)cc(S(=O)(=O)NC(=O)CC(C)C)c1. The molecule has 0 aliphatic heterocycles. The van der Waals surface area contributed by atoms with Crippen LogP contribution < -0.4 is 36.0 Å². The predicted octanol–water partition coefficient (Wildman–Crippen LogP) is 2.44. The number of carbonyl (C=O) groups is 8. The quantitative estimate of drug-likeness (QED) is 0.0666. The van der Waals surface area contributed by atoms with Crippen LogP contribution in [0.5, 0.6) is 0 Å². The Balaban J connectivity index is 1.79. The Morgan fingerprint density at radius 1 is 0.714 bits per heavy atom. The summed E-state index contributed by atoms with van der Waals surface area (Å²) >= 11 is 5.97. The van der Waals surface area contributed by atoms with Gasteiger partial charge in [-0.15, -0.1) is 0 Å². The van der Waals surface area contributed by atoms with E-state index in [0.29, 0.717) is 25.3 Å². The number of Topliss-reactive ketones (excluding diaryl/α,β-unsaturated/α-hetero) is 1. The molecule has 1 fully saturated rings. The van der Waals surface area contributed by atoms with Crippen LogP contribution in [0.15, 0.2) is 46.6 Å². The summed E-state index contributed by atoms with van der Waals surface area (Å²) in [6, 6.07) is -3.85. The minimum Gasteiger partial charge on any atom is -0.344 e. The van der Waals surface area contributed by atoms with Crippen LogP contribution >= 0.6 is 11.6 Å². The molecule has 70 heavy (non-hydrogen) atoms. The van der Waals surface area contributed by atoms with E-state index in [0.717, 1.165) is 31.4 Å². The molecule has 1 aliphatic rings. The van der Waals surface area contributed by atoms with E-state index >= 15 is 0 Å². The van der Waals surface area contributed by atoms with Crippen molar-refractivity contribution in [3.63, 3.8) is 0 Å².